The molecule has 1 unspecified atom stereocenters. The molecule has 0 bridgehead atoms. The average molecular weight is 295 g/mol. The van der Waals surface area contributed by atoms with Gasteiger partial charge in [0.15, 0.2) is 9.84 Å². The molecule has 1 atom stereocenters. The Balaban J connectivity index is 3.02. The molecule has 0 radical (unpaired) electrons. The van der Waals surface area contributed by atoms with Gasteiger partial charge in [-0.1, -0.05) is 11.6 Å². The van der Waals surface area contributed by atoms with Crippen molar-refractivity contribution in [2.24, 2.45) is 0 Å². The van der Waals surface area contributed by atoms with Crippen molar-refractivity contribution < 1.29 is 17.9 Å². The zero-order chi connectivity index (χ0) is 14.1. The predicted octanol–water partition coefficient (Wildman–Crippen LogP) is 2.21. The topological polar surface area (TPSA) is 54.4 Å². The first-order chi connectivity index (χ1) is 8.05. The van der Waals surface area contributed by atoms with Gasteiger partial charge >= 0.3 is 0 Å². The fourth-order valence-corrected chi connectivity index (χ4v) is 2.17. The lowest BCUT2D eigenvalue weighted by molar-refractivity contribution is 0.137. The van der Waals surface area contributed by atoms with Crippen molar-refractivity contribution in [3.63, 3.8) is 0 Å². The maximum absolute atomic E-state index is 13.5. The highest BCUT2D eigenvalue weighted by atomic mass is 35.5. The molecule has 0 aliphatic carbocycles. The number of rotatable bonds is 4. The summed E-state index contributed by atoms with van der Waals surface area (Å²) in [6.07, 6.45) is -0.266. The van der Waals surface area contributed by atoms with Crippen LogP contribution in [0.1, 0.15) is 19.4 Å². The van der Waals surface area contributed by atoms with Crippen molar-refractivity contribution >= 4 is 21.4 Å². The molecule has 0 saturated carbocycles. The third-order valence-electron chi connectivity index (χ3n) is 3.18. The predicted molar refractivity (Wildman–Crippen MR) is 70.0 cm³/mol. The van der Waals surface area contributed by atoms with Crippen LogP contribution in [0.3, 0.4) is 0 Å². The molecule has 0 amide bonds. The summed E-state index contributed by atoms with van der Waals surface area (Å²) in [5.74, 6) is -0.511. The van der Waals surface area contributed by atoms with Gasteiger partial charge in [-0.2, -0.15) is 0 Å². The monoisotopic (exact) mass is 294 g/mol. The minimum atomic E-state index is -3.45. The number of halogens is 2. The fraction of sp³-hybridized carbons (Fsp3) is 0.500. The standard InChI is InChI=1S/C12H16ClFO3S/c1-12(2,18(3,16)17)11(15)7-8-6-9(13)4-5-10(8)14/h4-6,11,15H,7H2,1-3H3. The third kappa shape index (κ3) is 3.22. The summed E-state index contributed by atoms with van der Waals surface area (Å²) in [5.41, 5.74) is 0.201. The van der Waals surface area contributed by atoms with E-state index in [0.29, 0.717) is 5.02 Å². The molecule has 0 fully saturated rings. The van der Waals surface area contributed by atoms with Crippen molar-refractivity contribution in [3.8, 4) is 0 Å². The molecule has 6 heteroatoms. The van der Waals surface area contributed by atoms with Gasteiger partial charge in [-0.05, 0) is 37.6 Å². The summed E-state index contributed by atoms with van der Waals surface area (Å²) in [6.45, 7) is 2.82. The van der Waals surface area contributed by atoms with E-state index in [4.69, 9.17) is 11.6 Å². The van der Waals surface area contributed by atoms with Gasteiger partial charge in [0, 0.05) is 17.7 Å². The summed E-state index contributed by atoms with van der Waals surface area (Å²) < 4.78 is 35.3. The second-order valence-electron chi connectivity index (χ2n) is 4.83. The Hall–Kier alpha value is -0.650. The molecule has 3 nitrogen and oxygen atoms in total. The van der Waals surface area contributed by atoms with Crippen LogP contribution in [0.4, 0.5) is 4.39 Å². The van der Waals surface area contributed by atoms with Crippen LogP contribution < -0.4 is 0 Å². The summed E-state index contributed by atoms with van der Waals surface area (Å²) in [5, 5.41) is 10.3. The lowest BCUT2D eigenvalue weighted by atomic mass is 9.98. The lowest BCUT2D eigenvalue weighted by Gasteiger charge is -2.28. The zero-order valence-electron chi connectivity index (χ0n) is 10.4. The van der Waals surface area contributed by atoms with Gasteiger partial charge < -0.3 is 5.11 Å². The molecule has 1 aromatic carbocycles. The van der Waals surface area contributed by atoms with E-state index in [1.54, 1.807) is 0 Å². The minimum absolute atomic E-state index is 0.105. The second kappa shape index (κ2) is 5.15. The summed E-state index contributed by atoms with van der Waals surface area (Å²) in [6, 6.07) is 3.98. The number of hydrogen-bond donors (Lipinski definition) is 1. The molecule has 0 aliphatic heterocycles. The second-order valence-corrected chi connectivity index (χ2v) is 7.86. The van der Waals surface area contributed by atoms with Gasteiger partial charge in [-0.3, -0.25) is 0 Å². The zero-order valence-corrected chi connectivity index (χ0v) is 12.0. The molecule has 102 valence electrons. The summed E-state index contributed by atoms with van der Waals surface area (Å²) >= 11 is 5.74. The number of hydrogen-bond acceptors (Lipinski definition) is 3. The van der Waals surface area contributed by atoms with Gasteiger partial charge in [0.2, 0.25) is 0 Å². The largest absolute Gasteiger partial charge is 0.391 e. The van der Waals surface area contributed by atoms with Crippen LogP contribution >= 0.6 is 11.6 Å². The minimum Gasteiger partial charge on any atom is -0.391 e. The Kier molecular flexibility index (Phi) is 4.41. The molecule has 18 heavy (non-hydrogen) atoms. The quantitative estimate of drug-likeness (QED) is 0.926. The number of benzene rings is 1. The van der Waals surface area contributed by atoms with Crippen LogP contribution in [0, 0.1) is 5.82 Å². The Bertz CT molecular complexity index is 540. The molecular formula is C12H16ClFO3S. The first-order valence-corrected chi connectivity index (χ1v) is 7.64. The average Bonchev–Trinajstić information content (AvgIpc) is 2.21. The first kappa shape index (κ1) is 15.4. The summed E-state index contributed by atoms with van der Waals surface area (Å²) in [7, 11) is -3.45. The van der Waals surface area contributed by atoms with E-state index >= 15 is 0 Å². The Morgan fingerprint density at radius 3 is 2.50 bits per heavy atom. The van der Waals surface area contributed by atoms with Crippen LogP contribution in [0.2, 0.25) is 5.02 Å². The van der Waals surface area contributed by atoms with Crippen LogP contribution in [0.25, 0.3) is 0 Å². The van der Waals surface area contributed by atoms with E-state index in [9.17, 15) is 17.9 Å². The molecule has 0 aromatic heterocycles. The van der Waals surface area contributed by atoms with E-state index < -0.39 is 26.5 Å². The third-order valence-corrected chi connectivity index (χ3v) is 5.60. The van der Waals surface area contributed by atoms with Crippen molar-refractivity contribution in [1.82, 2.24) is 0 Å². The SMILES string of the molecule is CC(C)(C(O)Cc1cc(Cl)ccc1F)S(C)(=O)=O. The maximum Gasteiger partial charge on any atom is 0.155 e. The number of sulfone groups is 1. The molecule has 1 rings (SSSR count). The number of aliphatic hydroxyl groups excluding tert-OH is 1. The Labute approximate surface area is 112 Å². The van der Waals surface area contributed by atoms with E-state index in [1.165, 1.54) is 32.0 Å². The van der Waals surface area contributed by atoms with Crippen molar-refractivity contribution in [2.45, 2.75) is 31.1 Å². The highest BCUT2D eigenvalue weighted by Crippen LogP contribution is 2.25. The van der Waals surface area contributed by atoms with Gasteiger partial charge in [-0.25, -0.2) is 12.8 Å². The highest BCUT2D eigenvalue weighted by Gasteiger charge is 2.38. The Morgan fingerprint density at radius 2 is 2.00 bits per heavy atom. The normalized spacial score (nSPS) is 14.6. The Morgan fingerprint density at radius 1 is 1.44 bits per heavy atom. The van der Waals surface area contributed by atoms with Crippen LogP contribution in [0.5, 0.6) is 0 Å². The number of aliphatic hydroxyl groups is 1. The van der Waals surface area contributed by atoms with E-state index in [0.717, 1.165) is 6.26 Å². The molecular weight excluding hydrogens is 279 g/mol. The summed E-state index contributed by atoms with van der Waals surface area (Å²) in [4.78, 5) is 0. The van der Waals surface area contributed by atoms with Crippen molar-refractivity contribution in [1.29, 1.82) is 0 Å². The van der Waals surface area contributed by atoms with Crippen LogP contribution in [-0.2, 0) is 16.3 Å². The van der Waals surface area contributed by atoms with Crippen LogP contribution in [0.15, 0.2) is 18.2 Å². The highest BCUT2D eigenvalue weighted by molar-refractivity contribution is 7.92. The van der Waals surface area contributed by atoms with Gasteiger partial charge in [0.1, 0.15) is 5.82 Å². The van der Waals surface area contributed by atoms with Gasteiger partial charge in [0.25, 0.3) is 0 Å². The van der Waals surface area contributed by atoms with Gasteiger partial charge in [-0.15, -0.1) is 0 Å². The maximum atomic E-state index is 13.5. The smallest absolute Gasteiger partial charge is 0.155 e. The molecule has 0 spiro atoms. The molecule has 1 aromatic rings. The lowest BCUT2D eigenvalue weighted by Crippen LogP contribution is -2.44. The molecule has 0 saturated heterocycles. The van der Waals surface area contributed by atoms with E-state index in [1.807, 2.05) is 0 Å². The van der Waals surface area contributed by atoms with Crippen molar-refractivity contribution in [3.05, 3.63) is 34.6 Å². The molecule has 0 heterocycles. The van der Waals surface area contributed by atoms with E-state index in [2.05, 4.69) is 0 Å². The van der Waals surface area contributed by atoms with Crippen molar-refractivity contribution in [2.75, 3.05) is 6.26 Å². The fourth-order valence-electron chi connectivity index (χ4n) is 1.40. The molecule has 1 N–H and O–H groups in total. The van der Waals surface area contributed by atoms with Gasteiger partial charge in [0.05, 0.1) is 10.9 Å². The van der Waals surface area contributed by atoms with Crippen LogP contribution in [-0.4, -0.2) is 30.6 Å². The molecule has 0 aliphatic rings. The van der Waals surface area contributed by atoms with E-state index in [-0.39, 0.29) is 12.0 Å². The first-order valence-electron chi connectivity index (χ1n) is 5.37.